The molecule has 0 heterocycles. The van der Waals surface area contributed by atoms with Crippen molar-refractivity contribution < 1.29 is 0 Å². The van der Waals surface area contributed by atoms with Crippen LogP contribution in [0.5, 0.6) is 0 Å². The number of hydrogen-bond acceptors (Lipinski definition) is 1. The number of nitrogens with one attached hydrogen (secondary N) is 1. The molecule has 0 fully saturated rings. The summed E-state index contributed by atoms with van der Waals surface area (Å²) in [5, 5.41) is 3.76. The van der Waals surface area contributed by atoms with Gasteiger partial charge in [0.05, 0.1) is 0 Å². The molecule has 0 saturated heterocycles. The van der Waals surface area contributed by atoms with Crippen molar-refractivity contribution in [2.24, 2.45) is 0 Å². The third kappa shape index (κ3) is 3.38. The Morgan fingerprint density at radius 1 is 1.19 bits per heavy atom. The third-order valence-corrected chi connectivity index (χ3v) is 4.87. The minimum Gasteiger partial charge on any atom is -0.313 e. The molecule has 1 N–H and O–H groups in total. The Labute approximate surface area is 135 Å². The zero-order valence-corrected chi connectivity index (χ0v) is 14.1. The number of halogens is 1. The minimum atomic E-state index is 0.536. The first kappa shape index (κ1) is 14.8. The summed E-state index contributed by atoms with van der Waals surface area (Å²) in [5.74, 6) is 0.659. The van der Waals surface area contributed by atoms with E-state index < -0.39 is 0 Å². The predicted octanol–water partition coefficient (Wildman–Crippen LogP) is 4.70. The molecule has 2 aromatic carbocycles. The summed E-state index contributed by atoms with van der Waals surface area (Å²) in [4.78, 5) is 0. The fourth-order valence-corrected chi connectivity index (χ4v) is 3.71. The normalized spacial score (nSPS) is 17.9. The lowest BCUT2D eigenvalue weighted by molar-refractivity contribution is 0.397. The van der Waals surface area contributed by atoms with E-state index in [0.29, 0.717) is 12.0 Å². The van der Waals surface area contributed by atoms with Crippen LogP contribution in [0.3, 0.4) is 0 Å². The summed E-state index contributed by atoms with van der Waals surface area (Å²) in [6.45, 7) is 3.33. The van der Waals surface area contributed by atoms with Gasteiger partial charge in [-0.25, -0.2) is 0 Å². The largest absolute Gasteiger partial charge is 0.313 e. The summed E-state index contributed by atoms with van der Waals surface area (Å²) in [7, 11) is 0. The third-order valence-electron chi connectivity index (χ3n) is 4.38. The fraction of sp³-hybridized carbons (Fsp3) is 0.368. The molecule has 0 amide bonds. The van der Waals surface area contributed by atoms with Crippen molar-refractivity contribution in [1.29, 1.82) is 0 Å². The van der Waals surface area contributed by atoms with Gasteiger partial charge in [-0.1, -0.05) is 59.3 Å². The second kappa shape index (κ2) is 6.76. The van der Waals surface area contributed by atoms with Gasteiger partial charge in [-0.05, 0) is 54.6 Å². The van der Waals surface area contributed by atoms with E-state index in [-0.39, 0.29) is 0 Å². The van der Waals surface area contributed by atoms with Gasteiger partial charge in [0.15, 0.2) is 0 Å². The number of benzene rings is 2. The summed E-state index contributed by atoms with van der Waals surface area (Å²) < 4.78 is 1.17. The Balaban J connectivity index is 1.76. The van der Waals surface area contributed by atoms with Crippen LogP contribution in [0.25, 0.3) is 0 Å². The Bertz CT molecular complexity index is 608. The molecule has 1 nitrogen and oxygen atoms in total. The van der Waals surface area contributed by atoms with Crippen molar-refractivity contribution in [2.75, 3.05) is 6.54 Å². The van der Waals surface area contributed by atoms with E-state index in [1.807, 2.05) is 0 Å². The van der Waals surface area contributed by atoms with E-state index in [9.17, 15) is 0 Å². The lowest BCUT2D eigenvalue weighted by Crippen LogP contribution is -2.41. The highest BCUT2D eigenvalue weighted by Gasteiger charge is 2.32. The van der Waals surface area contributed by atoms with Crippen LogP contribution in [0.2, 0.25) is 0 Å². The summed E-state index contributed by atoms with van der Waals surface area (Å²) in [6.07, 6.45) is 3.49. The average Bonchev–Trinajstić information content (AvgIpc) is 2.46. The van der Waals surface area contributed by atoms with Crippen LogP contribution < -0.4 is 5.32 Å². The van der Waals surface area contributed by atoms with Crippen LogP contribution in [0.1, 0.15) is 36.0 Å². The maximum atomic E-state index is 3.76. The molecule has 21 heavy (non-hydrogen) atoms. The zero-order valence-electron chi connectivity index (χ0n) is 12.5. The molecule has 2 aromatic rings. The van der Waals surface area contributed by atoms with Crippen molar-refractivity contribution in [1.82, 2.24) is 5.32 Å². The topological polar surface area (TPSA) is 12.0 Å². The van der Waals surface area contributed by atoms with E-state index in [1.165, 1.54) is 28.4 Å². The SMILES string of the molecule is CCCNC(Cc1cccc(Br)c1)C1Cc2ccccc21. The predicted molar refractivity (Wildman–Crippen MR) is 92.8 cm³/mol. The molecular formula is C19H22BrN. The standard InChI is InChI=1S/C19H22BrN/c1-2-10-21-19(12-14-6-5-8-16(20)11-14)18-13-15-7-3-4-9-17(15)18/h3-9,11,18-19,21H,2,10,12-13H2,1H3. The van der Waals surface area contributed by atoms with E-state index in [0.717, 1.165) is 13.0 Å². The van der Waals surface area contributed by atoms with Crippen molar-refractivity contribution >= 4 is 15.9 Å². The summed E-state index contributed by atoms with van der Waals surface area (Å²) in [5.41, 5.74) is 4.48. The van der Waals surface area contributed by atoms with Crippen LogP contribution in [-0.2, 0) is 12.8 Å². The Morgan fingerprint density at radius 3 is 2.81 bits per heavy atom. The van der Waals surface area contributed by atoms with E-state index in [4.69, 9.17) is 0 Å². The maximum absolute atomic E-state index is 3.76. The molecule has 0 radical (unpaired) electrons. The van der Waals surface area contributed by atoms with Crippen molar-refractivity contribution in [3.05, 3.63) is 69.7 Å². The molecule has 2 heteroatoms. The van der Waals surface area contributed by atoms with Crippen LogP contribution in [0, 0.1) is 0 Å². The highest BCUT2D eigenvalue weighted by molar-refractivity contribution is 9.10. The van der Waals surface area contributed by atoms with Crippen molar-refractivity contribution in [2.45, 2.75) is 38.1 Å². The second-order valence-corrected chi connectivity index (χ2v) is 6.82. The number of rotatable bonds is 6. The van der Waals surface area contributed by atoms with Crippen LogP contribution in [0.4, 0.5) is 0 Å². The molecule has 1 aliphatic rings. The quantitative estimate of drug-likeness (QED) is 0.801. The highest BCUT2D eigenvalue weighted by atomic mass is 79.9. The van der Waals surface area contributed by atoms with E-state index >= 15 is 0 Å². The molecular weight excluding hydrogens is 322 g/mol. The second-order valence-electron chi connectivity index (χ2n) is 5.90. The van der Waals surface area contributed by atoms with Gasteiger partial charge in [0.1, 0.15) is 0 Å². The molecule has 2 atom stereocenters. The average molecular weight is 344 g/mol. The smallest absolute Gasteiger partial charge is 0.0179 e. The van der Waals surface area contributed by atoms with Gasteiger partial charge in [0.25, 0.3) is 0 Å². The number of fused-ring (bicyclic) bond motifs is 1. The van der Waals surface area contributed by atoms with Gasteiger partial charge in [0, 0.05) is 16.4 Å². The molecule has 110 valence electrons. The first-order valence-corrected chi connectivity index (χ1v) is 8.63. The zero-order chi connectivity index (χ0) is 14.7. The van der Waals surface area contributed by atoms with E-state index in [2.05, 4.69) is 76.7 Å². The first-order valence-electron chi connectivity index (χ1n) is 7.83. The molecule has 0 aliphatic heterocycles. The lowest BCUT2D eigenvalue weighted by atomic mass is 9.72. The molecule has 2 unspecified atom stereocenters. The van der Waals surface area contributed by atoms with Gasteiger partial charge < -0.3 is 5.32 Å². The summed E-state index contributed by atoms with van der Waals surface area (Å²) >= 11 is 3.58. The molecule has 0 saturated carbocycles. The Hall–Kier alpha value is -1.12. The Kier molecular flexibility index (Phi) is 4.77. The maximum Gasteiger partial charge on any atom is 0.0179 e. The molecule has 0 spiro atoms. The van der Waals surface area contributed by atoms with Gasteiger partial charge >= 0.3 is 0 Å². The summed E-state index contributed by atoms with van der Waals surface area (Å²) in [6, 6.07) is 18.1. The number of hydrogen-bond donors (Lipinski definition) is 1. The lowest BCUT2D eigenvalue weighted by Gasteiger charge is -2.37. The Morgan fingerprint density at radius 2 is 2.05 bits per heavy atom. The van der Waals surface area contributed by atoms with Gasteiger partial charge in [-0.3, -0.25) is 0 Å². The van der Waals surface area contributed by atoms with Crippen molar-refractivity contribution in [3.8, 4) is 0 Å². The van der Waals surface area contributed by atoms with Crippen LogP contribution >= 0.6 is 15.9 Å². The van der Waals surface area contributed by atoms with Gasteiger partial charge in [0.2, 0.25) is 0 Å². The van der Waals surface area contributed by atoms with Gasteiger partial charge in [-0.2, -0.15) is 0 Å². The molecule has 3 rings (SSSR count). The van der Waals surface area contributed by atoms with Crippen molar-refractivity contribution in [3.63, 3.8) is 0 Å². The first-order chi connectivity index (χ1) is 10.3. The highest BCUT2D eigenvalue weighted by Crippen LogP contribution is 2.38. The molecule has 0 aromatic heterocycles. The van der Waals surface area contributed by atoms with E-state index in [1.54, 1.807) is 5.56 Å². The molecule has 1 aliphatic carbocycles. The molecule has 0 bridgehead atoms. The van der Waals surface area contributed by atoms with Crippen LogP contribution in [0.15, 0.2) is 53.0 Å². The van der Waals surface area contributed by atoms with Crippen LogP contribution in [-0.4, -0.2) is 12.6 Å². The fourth-order valence-electron chi connectivity index (χ4n) is 3.26. The minimum absolute atomic E-state index is 0.536. The van der Waals surface area contributed by atoms with Gasteiger partial charge in [-0.15, -0.1) is 0 Å². The monoisotopic (exact) mass is 343 g/mol.